The molecule has 5 heteroatoms. The van der Waals surface area contributed by atoms with Crippen LogP contribution in [0.25, 0.3) is 5.57 Å². The Hall–Kier alpha value is -3.88. The van der Waals surface area contributed by atoms with Gasteiger partial charge in [-0.3, -0.25) is 0 Å². The van der Waals surface area contributed by atoms with Gasteiger partial charge in [-0.25, -0.2) is 4.98 Å². The lowest BCUT2D eigenvalue weighted by Gasteiger charge is -2.19. The van der Waals surface area contributed by atoms with E-state index >= 15 is 0 Å². The zero-order valence-corrected chi connectivity index (χ0v) is 25.9. The first-order chi connectivity index (χ1) is 19.5. The molecule has 216 valence electrons. The Labute approximate surface area is 243 Å². The van der Waals surface area contributed by atoms with Crippen molar-refractivity contribution in [1.82, 2.24) is 9.88 Å². The largest absolute Gasteiger partial charge is 0.472 e. The van der Waals surface area contributed by atoms with Crippen LogP contribution >= 0.6 is 0 Å². The lowest BCUT2D eigenvalue weighted by atomic mass is 10.1. The van der Waals surface area contributed by atoms with Gasteiger partial charge in [-0.15, -0.1) is 0 Å². The molecule has 0 radical (unpaired) electrons. The second kappa shape index (κ2) is 23.0. The average molecular weight is 544 g/mol. The molecule has 3 aromatic rings. The third-order valence-corrected chi connectivity index (χ3v) is 5.30. The van der Waals surface area contributed by atoms with Gasteiger partial charge in [0.15, 0.2) is 0 Å². The number of aromatic nitrogens is 1. The number of pyridine rings is 1. The minimum atomic E-state index is -0.0563. The highest BCUT2D eigenvalue weighted by molar-refractivity contribution is 5.73. The lowest BCUT2D eigenvalue weighted by molar-refractivity contribution is 0.0470. The molecule has 0 aliphatic carbocycles. The summed E-state index contributed by atoms with van der Waals surface area (Å²) in [6, 6.07) is 23.8. The molecule has 0 bridgehead atoms. The van der Waals surface area contributed by atoms with E-state index in [0.717, 1.165) is 35.1 Å². The van der Waals surface area contributed by atoms with Crippen molar-refractivity contribution < 1.29 is 9.47 Å². The van der Waals surface area contributed by atoms with E-state index in [0.29, 0.717) is 24.7 Å². The van der Waals surface area contributed by atoms with Gasteiger partial charge in [-0.2, -0.15) is 5.26 Å². The van der Waals surface area contributed by atoms with Gasteiger partial charge < -0.3 is 14.4 Å². The van der Waals surface area contributed by atoms with Crippen LogP contribution in [0.3, 0.4) is 0 Å². The summed E-state index contributed by atoms with van der Waals surface area (Å²) in [4.78, 5) is 6.51. The van der Waals surface area contributed by atoms with Crippen LogP contribution < -0.4 is 4.74 Å². The number of hydrogen-bond donors (Lipinski definition) is 0. The first kappa shape index (κ1) is 36.1. The van der Waals surface area contributed by atoms with Crippen molar-refractivity contribution in [2.24, 2.45) is 0 Å². The van der Waals surface area contributed by atoms with Crippen LogP contribution in [0.4, 0.5) is 0 Å². The van der Waals surface area contributed by atoms with Crippen LogP contribution in [0.2, 0.25) is 0 Å². The van der Waals surface area contributed by atoms with Gasteiger partial charge in [-0.1, -0.05) is 95.8 Å². The van der Waals surface area contributed by atoms with Crippen LogP contribution in [0, 0.1) is 18.3 Å². The van der Waals surface area contributed by atoms with E-state index in [1.165, 1.54) is 0 Å². The summed E-state index contributed by atoms with van der Waals surface area (Å²) in [5, 5.41) is 8.86. The predicted octanol–water partition coefficient (Wildman–Crippen LogP) is 8.51. The quantitative estimate of drug-likeness (QED) is 0.179. The van der Waals surface area contributed by atoms with Crippen LogP contribution in [-0.4, -0.2) is 43.3 Å². The number of benzene rings is 2. The molecule has 0 unspecified atom stereocenters. The maximum absolute atomic E-state index is 8.86. The molecular formula is C35H49N3O2. The topological polar surface area (TPSA) is 58.4 Å². The molecular weight excluding hydrogens is 494 g/mol. The van der Waals surface area contributed by atoms with Gasteiger partial charge in [0.05, 0.1) is 24.8 Å². The van der Waals surface area contributed by atoms with E-state index in [1.807, 2.05) is 133 Å². The summed E-state index contributed by atoms with van der Waals surface area (Å²) in [5.74, 6) is 0.634. The molecule has 0 aliphatic rings. The summed E-state index contributed by atoms with van der Waals surface area (Å²) in [6.45, 7) is 17.1. The van der Waals surface area contributed by atoms with Crippen molar-refractivity contribution in [2.45, 2.75) is 60.5 Å². The molecule has 0 amide bonds. The Morgan fingerprint density at radius 1 is 1.02 bits per heavy atom. The highest BCUT2D eigenvalue weighted by atomic mass is 16.5. The maximum Gasteiger partial charge on any atom is 0.216 e. The van der Waals surface area contributed by atoms with Gasteiger partial charge >= 0.3 is 0 Å². The molecule has 0 saturated heterocycles. The first-order valence-corrected chi connectivity index (χ1v) is 14.2. The lowest BCUT2D eigenvalue weighted by Crippen LogP contribution is -2.23. The van der Waals surface area contributed by atoms with E-state index in [1.54, 1.807) is 0 Å². The molecule has 3 rings (SSSR count). The molecule has 0 saturated carbocycles. The highest BCUT2D eigenvalue weighted by Crippen LogP contribution is 2.23. The van der Waals surface area contributed by atoms with Crippen molar-refractivity contribution in [3.8, 4) is 11.9 Å². The third kappa shape index (κ3) is 14.9. The summed E-state index contributed by atoms with van der Waals surface area (Å²) >= 11 is 0. The van der Waals surface area contributed by atoms with Gasteiger partial charge in [0.25, 0.3) is 0 Å². The van der Waals surface area contributed by atoms with E-state index in [9.17, 15) is 0 Å². The molecule has 0 fully saturated rings. The number of nitriles is 1. The van der Waals surface area contributed by atoms with E-state index in [-0.39, 0.29) is 6.10 Å². The molecule has 1 atom stereocenters. The van der Waals surface area contributed by atoms with Crippen molar-refractivity contribution in [2.75, 3.05) is 27.3 Å². The zero-order valence-electron chi connectivity index (χ0n) is 25.9. The second-order valence-corrected chi connectivity index (χ2v) is 8.53. The summed E-state index contributed by atoms with van der Waals surface area (Å²) < 4.78 is 11.9. The van der Waals surface area contributed by atoms with Gasteiger partial charge in [0.1, 0.15) is 6.10 Å². The molecule has 0 spiro atoms. The summed E-state index contributed by atoms with van der Waals surface area (Å²) in [7, 11) is 3.96. The zero-order chi connectivity index (χ0) is 30.2. The number of nitrogens with zero attached hydrogens (tertiary/aromatic N) is 3. The van der Waals surface area contributed by atoms with Gasteiger partial charge in [0.2, 0.25) is 5.88 Å². The predicted molar refractivity (Wildman–Crippen MR) is 170 cm³/mol. The average Bonchev–Trinajstić information content (AvgIpc) is 3.01. The SMILES string of the molecule is C=C/C(=C\N(C)C)c1cnc(O[C@@H](CC)COCCc2ccc(C#N)cc2)c(C)c1.CC.CC.c1ccccc1. The first-order valence-electron chi connectivity index (χ1n) is 14.2. The molecule has 5 nitrogen and oxygen atoms in total. The van der Waals surface area contributed by atoms with Crippen LogP contribution in [0.1, 0.15) is 63.3 Å². The maximum atomic E-state index is 8.86. The van der Waals surface area contributed by atoms with Crippen LogP contribution in [0.5, 0.6) is 5.88 Å². The molecule has 0 N–H and O–H groups in total. The normalized spacial score (nSPS) is 10.6. The number of allylic oxidation sites excluding steroid dienone is 2. The van der Waals surface area contributed by atoms with Gasteiger partial charge in [0, 0.05) is 37.6 Å². The monoisotopic (exact) mass is 543 g/mol. The van der Waals surface area contributed by atoms with E-state index in [2.05, 4.69) is 30.6 Å². The molecule has 40 heavy (non-hydrogen) atoms. The Kier molecular flexibility index (Phi) is 20.8. The fourth-order valence-corrected chi connectivity index (χ4v) is 3.30. The number of hydrogen-bond acceptors (Lipinski definition) is 5. The second-order valence-electron chi connectivity index (χ2n) is 8.53. The standard InChI is InChI=1S/C25H31N3O2.C6H6.2C2H6/c1-6-22(17-28(4)5)23-14-19(3)25(27-16-23)30-24(7-2)18-29-13-12-20-8-10-21(15-26)11-9-20;1-2-4-6-5-3-1;2*1-2/h6,8-11,14,16-17,24H,1,7,12-13,18H2,2-5H3;1-6H;2*1-2H3/b22-17+;;;/t24-;;;/m0.../s1. The van der Waals surface area contributed by atoms with Crippen molar-refractivity contribution in [3.05, 3.63) is 114 Å². The summed E-state index contributed by atoms with van der Waals surface area (Å²) in [5.41, 5.74) is 4.83. The Morgan fingerprint density at radius 3 is 2.05 bits per heavy atom. The van der Waals surface area contributed by atoms with Gasteiger partial charge in [-0.05, 0) is 49.1 Å². The summed E-state index contributed by atoms with van der Waals surface area (Å²) in [6.07, 6.45) is 7.24. The molecule has 2 aromatic carbocycles. The Bertz CT molecular complexity index is 1090. The number of rotatable bonds is 11. The highest BCUT2D eigenvalue weighted by Gasteiger charge is 2.13. The fourth-order valence-electron chi connectivity index (χ4n) is 3.30. The number of aryl methyl sites for hydroxylation is 1. The smallest absolute Gasteiger partial charge is 0.216 e. The minimum Gasteiger partial charge on any atom is -0.472 e. The minimum absolute atomic E-state index is 0.0563. The molecule has 1 heterocycles. The number of ether oxygens (including phenoxy) is 2. The molecule has 0 aliphatic heterocycles. The van der Waals surface area contributed by atoms with Crippen LogP contribution in [-0.2, 0) is 11.2 Å². The van der Waals surface area contributed by atoms with Crippen molar-refractivity contribution >= 4 is 5.57 Å². The Balaban J connectivity index is 0.00000130. The molecule has 1 aromatic heterocycles. The van der Waals surface area contributed by atoms with E-state index in [4.69, 9.17) is 14.7 Å². The van der Waals surface area contributed by atoms with Crippen LogP contribution in [0.15, 0.2) is 91.8 Å². The third-order valence-electron chi connectivity index (χ3n) is 5.30. The fraction of sp³-hybridized carbons (Fsp3) is 0.371. The van der Waals surface area contributed by atoms with Crippen molar-refractivity contribution in [3.63, 3.8) is 0 Å². The van der Waals surface area contributed by atoms with Crippen molar-refractivity contribution in [1.29, 1.82) is 5.26 Å². The Morgan fingerprint density at radius 2 is 1.60 bits per heavy atom. The van der Waals surface area contributed by atoms with E-state index < -0.39 is 0 Å².